The van der Waals surface area contributed by atoms with Gasteiger partial charge in [0.1, 0.15) is 9.88 Å². The predicted molar refractivity (Wildman–Crippen MR) is 83.5 cm³/mol. The van der Waals surface area contributed by atoms with Crippen LogP contribution in [0.5, 0.6) is 0 Å². The maximum absolute atomic E-state index is 12.5. The molecule has 2 heterocycles. The van der Waals surface area contributed by atoms with E-state index in [0.29, 0.717) is 18.8 Å². The maximum atomic E-state index is 12.5. The molecule has 0 amide bonds. The Hall–Kier alpha value is -1.09. The average molecular weight is 329 g/mol. The number of pyridine rings is 1. The lowest BCUT2D eigenvalue weighted by Crippen LogP contribution is -2.37. The van der Waals surface area contributed by atoms with E-state index in [0.717, 1.165) is 19.3 Å². The van der Waals surface area contributed by atoms with Gasteiger partial charge in [-0.1, -0.05) is 12.2 Å². The van der Waals surface area contributed by atoms with Crippen molar-refractivity contribution in [2.24, 2.45) is 5.73 Å². The van der Waals surface area contributed by atoms with Crippen molar-refractivity contribution in [2.75, 3.05) is 20.2 Å². The van der Waals surface area contributed by atoms with Gasteiger partial charge in [-0.15, -0.1) is 0 Å². The highest BCUT2D eigenvalue weighted by atomic mass is 32.2. The van der Waals surface area contributed by atoms with Crippen LogP contribution in [0.4, 0.5) is 0 Å². The molecule has 0 radical (unpaired) electrons. The van der Waals surface area contributed by atoms with Crippen LogP contribution in [0, 0.1) is 0 Å². The van der Waals surface area contributed by atoms with Crippen LogP contribution >= 0.6 is 12.2 Å². The molecule has 1 saturated heterocycles. The molecule has 2 rings (SSSR count). The van der Waals surface area contributed by atoms with Gasteiger partial charge >= 0.3 is 0 Å². The normalized spacial score (nSPS) is 19.6. The summed E-state index contributed by atoms with van der Waals surface area (Å²) in [5.41, 5.74) is 5.85. The smallest absolute Gasteiger partial charge is 0.244 e. The molecule has 1 unspecified atom stereocenters. The minimum absolute atomic E-state index is 0.0395. The minimum atomic E-state index is -3.57. The molecular weight excluding hydrogens is 310 g/mol. The molecular formula is C13H19N3O3S2. The van der Waals surface area contributed by atoms with Crippen molar-refractivity contribution in [1.82, 2.24) is 9.29 Å². The largest absolute Gasteiger partial charge is 0.388 e. The first-order valence-electron chi connectivity index (χ1n) is 6.75. The molecule has 1 aliphatic heterocycles. The van der Waals surface area contributed by atoms with Gasteiger partial charge in [0.15, 0.2) is 0 Å². The van der Waals surface area contributed by atoms with Crippen molar-refractivity contribution in [3.8, 4) is 0 Å². The van der Waals surface area contributed by atoms with Crippen LogP contribution in [0.25, 0.3) is 0 Å². The van der Waals surface area contributed by atoms with Gasteiger partial charge in [0.2, 0.25) is 10.0 Å². The van der Waals surface area contributed by atoms with Crippen LogP contribution in [0.3, 0.4) is 0 Å². The zero-order chi connectivity index (χ0) is 15.5. The second-order valence-corrected chi connectivity index (χ2v) is 7.50. The standard InChI is InChI=1S/C13H19N3O3S2/c1-16(9-10-4-2-3-7-19-10)21(17,18)11-5-6-12(13(14)20)15-8-11/h5-6,8,10H,2-4,7,9H2,1H3,(H2,14,20). The van der Waals surface area contributed by atoms with Gasteiger partial charge in [-0.05, 0) is 31.4 Å². The molecule has 8 heteroatoms. The SMILES string of the molecule is CN(CC1CCCCO1)S(=O)(=O)c1ccc(C(N)=S)nc1. The highest BCUT2D eigenvalue weighted by Crippen LogP contribution is 2.18. The molecule has 0 aromatic carbocycles. The summed E-state index contributed by atoms with van der Waals surface area (Å²) in [6.07, 6.45) is 4.24. The first kappa shape index (κ1) is 16.3. The molecule has 1 fully saturated rings. The van der Waals surface area contributed by atoms with E-state index in [9.17, 15) is 8.42 Å². The molecule has 0 aliphatic carbocycles. The topological polar surface area (TPSA) is 85.5 Å². The number of nitrogens with zero attached hydrogens (tertiary/aromatic N) is 2. The molecule has 21 heavy (non-hydrogen) atoms. The van der Waals surface area contributed by atoms with Gasteiger partial charge < -0.3 is 10.5 Å². The zero-order valence-corrected chi connectivity index (χ0v) is 13.5. The van der Waals surface area contributed by atoms with Crippen LogP contribution in [-0.2, 0) is 14.8 Å². The van der Waals surface area contributed by atoms with Crippen LogP contribution < -0.4 is 5.73 Å². The Kier molecular flexibility index (Phi) is 5.26. The first-order chi connectivity index (χ1) is 9.91. The number of ether oxygens (including phenoxy) is 1. The number of sulfonamides is 1. The van der Waals surface area contributed by atoms with E-state index >= 15 is 0 Å². The Morgan fingerprint density at radius 2 is 2.29 bits per heavy atom. The number of hydrogen-bond acceptors (Lipinski definition) is 5. The van der Waals surface area contributed by atoms with Crippen molar-refractivity contribution in [1.29, 1.82) is 0 Å². The third-order valence-corrected chi connectivity index (χ3v) is 5.45. The summed E-state index contributed by atoms with van der Waals surface area (Å²) in [4.78, 5) is 4.24. The Labute approximate surface area is 130 Å². The number of likely N-dealkylation sites (N-methyl/N-ethyl adjacent to an activating group) is 1. The summed E-state index contributed by atoms with van der Waals surface area (Å²) in [5.74, 6) is 0. The Bertz CT molecular complexity index is 596. The molecule has 0 saturated carbocycles. The van der Waals surface area contributed by atoms with Gasteiger partial charge in [-0.25, -0.2) is 8.42 Å². The number of aromatic nitrogens is 1. The van der Waals surface area contributed by atoms with Gasteiger partial charge in [0.05, 0.1) is 11.8 Å². The highest BCUT2D eigenvalue weighted by molar-refractivity contribution is 7.89. The van der Waals surface area contributed by atoms with Gasteiger partial charge in [-0.3, -0.25) is 4.98 Å². The molecule has 6 nitrogen and oxygen atoms in total. The second kappa shape index (κ2) is 6.78. The van der Waals surface area contributed by atoms with Crippen molar-refractivity contribution in [2.45, 2.75) is 30.3 Å². The minimum Gasteiger partial charge on any atom is -0.388 e. The lowest BCUT2D eigenvalue weighted by Gasteiger charge is -2.27. The van der Waals surface area contributed by atoms with Crippen molar-refractivity contribution in [3.05, 3.63) is 24.0 Å². The Morgan fingerprint density at radius 1 is 1.52 bits per heavy atom. The first-order valence-corrected chi connectivity index (χ1v) is 8.60. The second-order valence-electron chi connectivity index (χ2n) is 5.02. The molecule has 0 bridgehead atoms. The Balaban J connectivity index is 2.10. The molecule has 0 spiro atoms. The van der Waals surface area contributed by atoms with Crippen LogP contribution in [0.1, 0.15) is 25.0 Å². The number of rotatable bonds is 5. The fourth-order valence-electron chi connectivity index (χ4n) is 2.19. The maximum Gasteiger partial charge on any atom is 0.244 e. The molecule has 1 atom stereocenters. The summed E-state index contributed by atoms with van der Waals surface area (Å²) in [7, 11) is -2.02. The fraction of sp³-hybridized carbons (Fsp3) is 0.538. The van der Waals surface area contributed by atoms with Crippen LogP contribution in [0.2, 0.25) is 0 Å². The Morgan fingerprint density at radius 3 is 2.81 bits per heavy atom. The van der Waals surface area contributed by atoms with E-state index in [-0.39, 0.29) is 16.0 Å². The molecule has 1 aliphatic rings. The third-order valence-electron chi connectivity index (χ3n) is 3.43. The monoisotopic (exact) mass is 329 g/mol. The summed E-state index contributed by atoms with van der Waals surface area (Å²) < 4.78 is 31.8. The molecule has 1 aromatic rings. The molecule has 116 valence electrons. The third kappa shape index (κ3) is 3.97. The van der Waals surface area contributed by atoms with E-state index in [2.05, 4.69) is 4.98 Å². The van der Waals surface area contributed by atoms with E-state index in [1.54, 1.807) is 7.05 Å². The van der Waals surface area contributed by atoms with E-state index in [1.165, 1.54) is 22.6 Å². The van der Waals surface area contributed by atoms with Crippen molar-refractivity contribution in [3.63, 3.8) is 0 Å². The van der Waals surface area contributed by atoms with Crippen molar-refractivity contribution >= 4 is 27.2 Å². The van der Waals surface area contributed by atoms with Gasteiger partial charge in [-0.2, -0.15) is 4.31 Å². The van der Waals surface area contributed by atoms with Gasteiger partial charge in [0, 0.05) is 26.4 Å². The number of thiocarbonyl (C=S) groups is 1. The molecule has 1 aromatic heterocycles. The van der Waals surface area contributed by atoms with E-state index < -0.39 is 10.0 Å². The van der Waals surface area contributed by atoms with Gasteiger partial charge in [0.25, 0.3) is 0 Å². The van der Waals surface area contributed by atoms with Crippen LogP contribution in [0.15, 0.2) is 23.2 Å². The molecule has 2 N–H and O–H groups in total. The zero-order valence-electron chi connectivity index (χ0n) is 11.9. The summed E-state index contributed by atoms with van der Waals surface area (Å²) in [6.45, 7) is 1.04. The summed E-state index contributed by atoms with van der Waals surface area (Å²) in [6, 6.07) is 2.98. The lowest BCUT2D eigenvalue weighted by atomic mass is 10.1. The lowest BCUT2D eigenvalue weighted by molar-refractivity contribution is 0.00858. The summed E-state index contributed by atoms with van der Waals surface area (Å²) >= 11 is 4.80. The van der Waals surface area contributed by atoms with E-state index in [4.69, 9.17) is 22.7 Å². The van der Waals surface area contributed by atoms with Crippen molar-refractivity contribution < 1.29 is 13.2 Å². The number of hydrogen-bond donors (Lipinski definition) is 1. The fourth-order valence-corrected chi connectivity index (χ4v) is 3.46. The quantitative estimate of drug-likeness (QED) is 0.808. The highest BCUT2D eigenvalue weighted by Gasteiger charge is 2.25. The van der Waals surface area contributed by atoms with Crippen LogP contribution in [-0.4, -0.2) is 49.0 Å². The predicted octanol–water partition coefficient (Wildman–Crippen LogP) is 0.905. The average Bonchev–Trinajstić information content (AvgIpc) is 2.48. The number of nitrogens with two attached hydrogens (primary N) is 1. The summed E-state index contributed by atoms with van der Waals surface area (Å²) in [5, 5.41) is 0. The van der Waals surface area contributed by atoms with E-state index in [1.807, 2.05) is 0 Å².